The predicted octanol–water partition coefficient (Wildman–Crippen LogP) is 3.50. The Balaban J connectivity index is 1.38. The van der Waals surface area contributed by atoms with E-state index in [9.17, 15) is 9.59 Å². The molecule has 0 aliphatic carbocycles. The summed E-state index contributed by atoms with van der Waals surface area (Å²) in [5.74, 6) is 0.354. The summed E-state index contributed by atoms with van der Waals surface area (Å²) in [5.41, 5.74) is 2.95. The van der Waals surface area contributed by atoms with E-state index in [4.69, 9.17) is 13.9 Å². The van der Waals surface area contributed by atoms with Crippen molar-refractivity contribution in [3.63, 3.8) is 0 Å². The molecular formula is C24H22N2O5. The molecule has 0 saturated heterocycles. The highest BCUT2D eigenvalue weighted by Crippen LogP contribution is 2.28. The number of nitrogens with zero attached hydrogens (tertiary/aromatic N) is 1. The zero-order chi connectivity index (χ0) is 21.6. The van der Waals surface area contributed by atoms with Gasteiger partial charge in [0.15, 0.2) is 17.1 Å². The molecule has 1 N–H and O–H groups in total. The van der Waals surface area contributed by atoms with Crippen molar-refractivity contribution in [1.82, 2.24) is 9.88 Å². The van der Waals surface area contributed by atoms with Crippen molar-refractivity contribution < 1.29 is 18.7 Å². The van der Waals surface area contributed by atoms with Crippen molar-refractivity contribution in [2.75, 3.05) is 7.11 Å². The Kier molecular flexibility index (Phi) is 6.03. The number of methoxy groups -OCH3 is 1. The first kappa shape index (κ1) is 20.3. The first-order valence-corrected chi connectivity index (χ1v) is 9.83. The summed E-state index contributed by atoms with van der Waals surface area (Å²) >= 11 is 0. The molecule has 3 aromatic carbocycles. The molecule has 0 fully saturated rings. The van der Waals surface area contributed by atoms with Gasteiger partial charge in [0.05, 0.1) is 12.6 Å². The molecule has 0 aliphatic rings. The van der Waals surface area contributed by atoms with Gasteiger partial charge < -0.3 is 19.2 Å². The maximum atomic E-state index is 12.4. The lowest BCUT2D eigenvalue weighted by Crippen LogP contribution is -2.30. The van der Waals surface area contributed by atoms with Crippen LogP contribution < -0.4 is 20.5 Å². The molecule has 158 valence electrons. The summed E-state index contributed by atoms with van der Waals surface area (Å²) in [6, 6.07) is 22.4. The third kappa shape index (κ3) is 4.78. The van der Waals surface area contributed by atoms with Gasteiger partial charge in [-0.25, -0.2) is 4.79 Å². The Morgan fingerprint density at radius 3 is 2.55 bits per heavy atom. The molecule has 31 heavy (non-hydrogen) atoms. The molecule has 0 bridgehead atoms. The second kappa shape index (κ2) is 9.21. The van der Waals surface area contributed by atoms with Crippen molar-refractivity contribution in [1.29, 1.82) is 0 Å². The molecule has 4 aromatic rings. The largest absolute Gasteiger partial charge is 0.493 e. The van der Waals surface area contributed by atoms with Gasteiger partial charge in [-0.05, 0) is 35.4 Å². The van der Waals surface area contributed by atoms with Crippen LogP contribution in [0.2, 0.25) is 0 Å². The molecule has 7 heteroatoms. The molecule has 0 aliphatic heterocycles. The number of amides is 1. The fraction of sp³-hybridized carbons (Fsp3) is 0.167. The zero-order valence-electron chi connectivity index (χ0n) is 17.0. The second-order valence-electron chi connectivity index (χ2n) is 6.96. The second-order valence-corrected chi connectivity index (χ2v) is 6.96. The number of ether oxygens (including phenoxy) is 2. The molecule has 0 spiro atoms. The van der Waals surface area contributed by atoms with Crippen LogP contribution in [0.5, 0.6) is 11.5 Å². The summed E-state index contributed by atoms with van der Waals surface area (Å²) < 4.78 is 17.8. The van der Waals surface area contributed by atoms with Crippen LogP contribution in [0.25, 0.3) is 11.1 Å². The van der Waals surface area contributed by atoms with Gasteiger partial charge in [0, 0.05) is 6.54 Å². The van der Waals surface area contributed by atoms with Crippen LogP contribution in [0.1, 0.15) is 11.1 Å². The molecule has 0 radical (unpaired) electrons. The smallest absolute Gasteiger partial charge is 0.420 e. The number of benzene rings is 3. The van der Waals surface area contributed by atoms with Crippen molar-refractivity contribution >= 4 is 17.0 Å². The maximum absolute atomic E-state index is 12.4. The highest BCUT2D eigenvalue weighted by Gasteiger charge is 2.13. The van der Waals surface area contributed by atoms with Crippen LogP contribution in [0, 0.1) is 0 Å². The molecule has 1 aromatic heterocycles. The molecule has 0 atom stereocenters. The van der Waals surface area contributed by atoms with Crippen LogP contribution in [0.3, 0.4) is 0 Å². The number of aromatic nitrogens is 1. The van der Waals surface area contributed by atoms with E-state index in [0.717, 1.165) is 11.1 Å². The average molecular weight is 418 g/mol. The van der Waals surface area contributed by atoms with Crippen molar-refractivity contribution in [2.45, 2.75) is 19.7 Å². The summed E-state index contributed by atoms with van der Waals surface area (Å²) in [5, 5.41) is 2.82. The number of para-hydroxylation sites is 2. The van der Waals surface area contributed by atoms with Gasteiger partial charge in [-0.1, -0.05) is 48.5 Å². The minimum Gasteiger partial charge on any atom is -0.493 e. The lowest BCUT2D eigenvalue weighted by atomic mass is 10.2. The summed E-state index contributed by atoms with van der Waals surface area (Å²) in [4.78, 5) is 24.4. The SMILES string of the molecule is COc1cc(CNC(=O)Cn2c(=O)oc3ccccc32)ccc1OCc1ccccc1. The Morgan fingerprint density at radius 1 is 0.968 bits per heavy atom. The van der Waals surface area contributed by atoms with Gasteiger partial charge >= 0.3 is 5.76 Å². The number of carbonyl (C=O) groups excluding carboxylic acids is 1. The van der Waals surface area contributed by atoms with E-state index in [0.29, 0.717) is 35.8 Å². The highest BCUT2D eigenvalue weighted by molar-refractivity contribution is 5.79. The zero-order valence-corrected chi connectivity index (χ0v) is 17.0. The number of carbonyl (C=O) groups is 1. The number of oxazole rings is 1. The van der Waals surface area contributed by atoms with Crippen LogP contribution in [-0.2, 0) is 24.5 Å². The predicted molar refractivity (Wildman–Crippen MR) is 116 cm³/mol. The maximum Gasteiger partial charge on any atom is 0.420 e. The topological polar surface area (TPSA) is 82.7 Å². The molecule has 0 unspecified atom stereocenters. The Labute approximate surface area is 178 Å². The lowest BCUT2D eigenvalue weighted by Gasteiger charge is -2.13. The first-order valence-electron chi connectivity index (χ1n) is 9.83. The number of hydrogen-bond acceptors (Lipinski definition) is 5. The third-order valence-corrected chi connectivity index (χ3v) is 4.83. The first-order chi connectivity index (χ1) is 15.1. The normalized spacial score (nSPS) is 10.7. The molecule has 0 saturated carbocycles. The lowest BCUT2D eigenvalue weighted by molar-refractivity contribution is -0.121. The fourth-order valence-corrected chi connectivity index (χ4v) is 3.24. The van der Waals surface area contributed by atoms with E-state index in [1.807, 2.05) is 48.5 Å². The Hall–Kier alpha value is -4.00. The molecular weight excluding hydrogens is 396 g/mol. The van der Waals surface area contributed by atoms with E-state index in [1.165, 1.54) is 4.57 Å². The summed E-state index contributed by atoms with van der Waals surface area (Å²) in [6.07, 6.45) is 0. The number of hydrogen-bond donors (Lipinski definition) is 1. The number of nitrogens with one attached hydrogen (secondary N) is 1. The van der Waals surface area contributed by atoms with Gasteiger partial charge in [-0.3, -0.25) is 9.36 Å². The quantitative estimate of drug-likeness (QED) is 0.474. The number of fused-ring (bicyclic) bond motifs is 1. The summed E-state index contributed by atoms with van der Waals surface area (Å²) in [7, 11) is 1.57. The van der Waals surface area contributed by atoms with Gasteiger partial charge in [0.1, 0.15) is 13.2 Å². The Morgan fingerprint density at radius 2 is 1.74 bits per heavy atom. The van der Waals surface area contributed by atoms with Crippen molar-refractivity contribution in [3.8, 4) is 11.5 Å². The van der Waals surface area contributed by atoms with Crippen LogP contribution >= 0.6 is 0 Å². The minimum absolute atomic E-state index is 0.120. The summed E-state index contributed by atoms with van der Waals surface area (Å²) in [6.45, 7) is 0.602. The van der Waals surface area contributed by atoms with Crippen LogP contribution in [0.15, 0.2) is 82.0 Å². The van der Waals surface area contributed by atoms with Crippen molar-refractivity contribution in [2.24, 2.45) is 0 Å². The minimum atomic E-state index is -0.557. The molecule has 4 rings (SSSR count). The van der Waals surface area contributed by atoms with E-state index < -0.39 is 5.76 Å². The van der Waals surface area contributed by atoms with E-state index in [1.54, 1.807) is 31.4 Å². The monoisotopic (exact) mass is 418 g/mol. The third-order valence-electron chi connectivity index (χ3n) is 4.83. The van der Waals surface area contributed by atoms with Gasteiger partial charge in [-0.2, -0.15) is 0 Å². The molecule has 1 heterocycles. The van der Waals surface area contributed by atoms with Gasteiger partial charge in [0.2, 0.25) is 5.91 Å². The van der Waals surface area contributed by atoms with Crippen molar-refractivity contribution in [3.05, 3.63) is 94.5 Å². The van der Waals surface area contributed by atoms with Gasteiger partial charge in [-0.15, -0.1) is 0 Å². The van der Waals surface area contributed by atoms with Gasteiger partial charge in [0.25, 0.3) is 0 Å². The van der Waals surface area contributed by atoms with Crippen LogP contribution in [0.4, 0.5) is 0 Å². The van der Waals surface area contributed by atoms with Crippen LogP contribution in [-0.4, -0.2) is 17.6 Å². The number of rotatable bonds is 8. The average Bonchev–Trinajstić information content (AvgIpc) is 3.12. The molecule has 7 nitrogen and oxygen atoms in total. The fourth-order valence-electron chi connectivity index (χ4n) is 3.24. The Bertz CT molecular complexity index is 1240. The standard InChI is InChI=1S/C24H22N2O5/c1-29-22-13-18(11-12-21(22)30-16-17-7-3-2-4-8-17)14-25-23(27)15-26-19-9-5-6-10-20(19)31-24(26)28/h2-13H,14-16H2,1H3,(H,25,27). The molecule has 1 amide bonds. The van der Waals surface area contributed by atoms with E-state index in [2.05, 4.69) is 5.32 Å². The van der Waals surface area contributed by atoms with E-state index in [-0.39, 0.29) is 12.5 Å². The van der Waals surface area contributed by atoms with E-state index >= 15 is 0 Å². The highest BCUT2D eigenvalue weighted by atomic mass is 16.5.